The largest absolute Gasteiger partial charge is 0.444 e. The molecule has 1 spiro atoms. The fourth-order valence-electron chi connectivity index (χ4n) is 4.53. The summed E-state index contributed by atoms with van der Waals surface area (Å²) in [6.07, 6.45) is 0.195. The van der Waals surface area contributed by atoms with Gasteiger partial charge in [-0.25, -0.2) is 9.59 Å². The van der Waals surface area contributed by atoms with Crippen LogP contribution in [0.2, 0.25) is 0 Å². The number of benzene rings is 1. The maximum atomic E-state index is 12.6. The van der Waals surface area contributed by atoms with Gasteiger partial charge in [0, 0.05) is 18.5 Å². The van der Waals surface area contributed by atoms with Gasteiger partial charge in [-0.05, 0) is 45.7 Å². The molecule has 1 saturated heterocycles. The van der Waals surface area contributed by atoms with Gasteiger partial charge < -0.3 is 14.5 Å². The normalized spacial score (nSPS) is 27.0. The summed E-state index contributed by atoms with van der Waals surface area (Å²) in [4.78, 5) is 56.4. The van der Waals surface area contributed by atoms with E-state index in [1.807, 2.05) is 0 Å². The number of carbonyl (C=O) groups excluding carboxylic acids is 4. The maximum Gasteiger partial charge on any atom is 0.410 e. The van der Waals surface area contributed by atoms with Crippen molar-refractivity contribution in [3.63, 3.8) is 0 Å². The number of hydroxylamine groups is 2. The zero-order valence-corrected chi connectivity index (χ0v) is 17.6. The molecule has 0 N–H and O–H groups in total. The van der Waals surface area contributed by atoms with Crippen LogP contribution >= 0.6 is 0 Å². The van der Waals surface area contributed by atoms with Gasteiger partial charge in [-0.15, -0.1) is 0 Å². The molecule has 1 unspecified atom stereocenters. The van der Waals surface area contributed by atoms with E-state index in [9.17, 15) is 24.4 Å². The van der Waals surface area contributed by atoms with Gasteiger partial charge in [0.15, 0.2) is 0 Å². The van der Waals surface area contributed by atoms with E-state index in [0.29, 0.717) is 24.4 Å². The molecule has 1 saturated carbocycles. The Balaban J connectivity index is 1.39. The molecule has 2 fully saturated rings. The Bertz CT molecular complexity index is 980. The van der Waals surface area contributed by atoms with Gasteiger partial charge in [-0.3, -0.25) is 9.59 Å². The lowest BCUT2D eigenvalue weighted by Crippen LogP contribution is -2.48. The Morgan fingerprint density at radius 3 is 2.23 bits per heavy atom. The van der Waals surface area contributed by atoms with Crippen molar-refractivity contribution in [3.8, 4) is 6.07 Å². The maximum absolute atomic E-state index is 12.6. The zero-order chi connectivity index (χ0) is 22.6. The number of likely N-dealkylation sites (tertiary alicyclic amines) is 1. The lowest BCUT2D eigenvalue weighted by atomic mass is 9.57. The Hall–Kier alpha value is -3.41. The third-order valence-corrected chi connectivity index (χ3v) is 6.03. The molecule has 3 aliphatic rings. The minimum atomic E-state index is -0.687. The smallest absolute Gasteiger partial charge is 0.410 e. The van der Waals surface area contributed by atoms with E-state index in [1.165, 1.54) is 17.0 Å². The van der Waals surface area contributed by atoms with Crippen molar-refractivity contribution in [3.05, 3.63) is 35.4 Å². The van der Waals surface area contributed by atoms with E-state index in [-0.39, 0.29) is 17.7 Å². The molecule has 1 aromatic rings. The molecule has 3 amide bonds. The van der Waals surface area contributed by atoms with Crippen molar-refractivity contribution >= 4 is 23.9 Å². The third kappa shape index (κ3) is 3.52. The molecule has 2 aliphatic heterocycles. The average Bonchev–Trinajstić information content (AvgIpc) is 3.18. The summed E-state index contributed by atoms with van der Waals surface area (Å²) in [6, 6.07) is 8.51. The molecule has 9 heteroatoms. The van der Waals surface area contributed by atoms with Crippen molar-refractivity contribution in [1.29, 1.82) is 5.26 Å². The first-order chi connectivity index (χ1) is 14.5. The number of amides is 3. The number of carbonyl (C=O) groups is 4. The molecular weight excluding hydrogens is 402 g/mol. The Morgan fingerprint density at radius 2 is 1.71 bits per heavy atom. The second-order valence-electron chi connectivity index (χ2n) is 9.37. The van der Waals surface area contributed by atoms with Gasteiger partial charge >= 0.3 is 12.1 Å². The Labute approximate surface area is 179 Å². The van der Waals surface area contributed by atoms with Crippen LogP contribution in [0.1, 0.15) is 54.3 Å². The highest BCUT2D eigenvalue weighted by Gasteiger charge is 2.59. The number of hydrogen-bond donors (Lipinski definition) is 0. The predicted octanol–water partition coefficient (Wildman–Crippen LogP) is 2.53. The van der Waals surface area contributed by atoms with E-state index in [2.05, 4.69) is 6.07 Å². The lowest BCUT2D eigenvalue weighted by molar-refractivity contribution is -0.182. The van der Waals surface area contributed by atoms with Gasteiger partial charge in [-0.1, -0.05) is 17.2 Å². The molecule has 2 heterocycles. The topological polar surface area (TPSA) is 117 Å². The number of hydrogen-bond acceptors (Lipinski definition) is 7. The summed E-state index contributed by atoms with van der Waals surface area (Å²) < 4.78 is 5.40. The number of rotatable bonds is 2. The molecule has 1 atom stereocenters. The molecule has 1 aliphatic carbocycles. The molecule has 0 aromatic heterocycles. The minimum Gasteiger partial charge on any atom is -0.444 e. The van der Waals surface area contributed by atoms with Crippen LogP contribution in [0.3, 0.4) is 0 Å². The highest BCUT2D eigenvalue weighted by atomic mass is 16.7. The van der Waals surface area contributed by atoms with Crippen molar-refractivity contribution in [2.24, 2.45) is 17.3 Å². The summed E-state index contributed by atoms with van der Waals surface area (Å²) in [5.41, 5.74) is -0.776. The first-order valence-corrected chi connectivity index (χ1v) is 10.1. The van der Waals surface area contributed by atoms with E-state index in [4.69, 9.17) is 9.57 Å². The molecule has 1 aromatic carbocycles. The molecule has 0 bridgehead atoms. The summed E-state index contributed by atoms with van der Waals surface area (Å²) in [5.74, 6) is -3.01. The number of ether oxygens (including phenoxy) is 1. The van der Waals surface area contributed by atoms with Crippen LogP contribution in [0.25, 0.3) is 0 Å². The van der Waals surface area contributed by atoms with E-state index in [1.54, 1.807) is 32.9 Å². The van der Waals surface area contributed by atoms with Gasteiger partial charge in [0.25, 0.3) is 11.8 Å². The predicted molar refractivity (Wildman–Crippen MR) is 105 cm³/mol. The molecule has 31 heavy (non-hydrogen) atoms. The van der Waals surface area contributed by atoms with Crippen LogP contribution in [-0.4, -0.2) is 52.5 Å². The average molecular weight is 425 g/mol. The van der Waals surface area contributed by atoms with E-state index >= 15 is 0 Å². The summed E-state index contributed by atoms with van der Waals surface area (Å²) in [6.45, 7) is 5.87. The summed E-state index contributed by atoms with van der Waals surface area (Å²) in [5, 5.41) is 10.1. The van der Waals surface area contributed by atoms with Crippen molar-refractivity contribution in [2.45, 2.75) is 39.2 Å². The Kier molecular flexibility index (Phi) is 4.76. The van der Waals surface area contributed by atoms with E-state index in [0.717, 1.165) is 0 Å². The Morgan fingerprint density at radius 1 is 1.13 bits per heavy atom. The van der Waals surface area contributed by atoms with Gasteiger partial charge in [0.2, 0.25) is 0 Å². The van der Waals surface area contributed by atoms with Crippen LogP contribution in [0.4, 0.5) is 4.79 Å². The third-order valence-electron chi connectivity index (χ3n) is 6.03. The number of imide groups is 1. The SMILES string of the molecule is CC(C)(C)OC(=O)N1CC(C#N)C2(CC(C(=O)ON3C(=O)c4ccccc4C3=O)C2)C1. The van der Waals surface area contributed by atoms with Crippen molar-refractivity contribution in [1.82, 2.24) is 9.96 Å². The second kappa shape index (κ2) is 7.08. The standard InChI is InChI=1S/C22H23N3O6/c1-21(2,3)30-20(29)24-11-14(10-23)22(12-24)8-13(9-22)19(28)31-25-17(26)15-6-4-5-7-16(15)18(25)27/h4-7,13-14H,8-9,11-12H2,1-3H3. The zero-order valence-electron chi connectivity index (χ0n) is 17.6. The summed E-state index contributed by atoms with van der Waals surface area (Å²) in [7, 11) is 0. The molecule has 162 valence electrons. The number of nitrogens with zero attached hydrogens (tertiary/aromatic N) is 3. The molecule has 9 nitrogen and oxygen atoms in total. The molecule has 0 radical (unpaired) electrons. The van der Waals surface area contributed by atoms with Crippen LogP contribution in [0.15, 0.2) is 24.3 Å². The molecule has 4 rings (SSSR count). The van der Waals surface area contributed by atoms with Crippen molar-refractivity contribution in [2.75, 3.05) is 13.1 Å². The fraction of sp³-hybridized carbons (Fsp3) is 0.500. The molecular formula is C22H23N3O6. The van der Waals surface area contributed by atoms with Crippen LogP contribution in [0, 0.1) is 28.6 Å². The number of fused-ring (bicyclic) bond motifs is 1. The minimum absolute atomic E-state index is 0.193. The first kappa shape index (κ1) is 20.8. The highest BCUT2D eigenvalue weighted by molar-refractivity contribution is 6.20. The van der Waals surface area contributed by atoms with Crippen LogP contribution < -0.4 is 0 Å². The monoisotopic (exact) mass is 425 g/mol. The lowest BCUT2D eigenvalue weighted by Gasteiger charge is -2.45. The van der Waals surface area contributed by atoms with Crippen LogP contribution in [-0.2, 0) is 14.4 Å². The summed E-state index contributed by atoms with van der Waals surface area (Å²) >= 11 is 0. The number of nitriles is 1. The van der Waals surface area contributed by atoms with Gasteiger partial charge in [0.05, 0.1) is 29.0 Å². The fourth-order valence-corrected chi connectivity index (χ4v) is 4.53. The van der Waals surface area contributed by atoms with Crippen molar-refractivity contribution < 1.29 is 28.8 Å². The van der Waals surface area contributed by atoms with Crippen LogP contribution in [0.5, 0.6) is 0 Å². The second-order valence-corrected chi connectivity index (χ2v) is 9.37. The highest BCUT2D eigenvalue weighted by Crippen LogP contribution is 2.55. The quantitative estimate of drug-likeness (QED) is 0.668. The van der Waals surface area contributed by atoms with Gasteiger partial charge in [0.1, 0.15) is 5.60 Å². The van der Waals surface area contributed by atoms with Gasteiger partial charge in [-0.2, -0.15) is 5.26 Å². The van der Waals surface area contributed by atoms with E-state index < -0.39 is 46.7 Å². The first-order valence-electron chi connectivity index (χ1n) is 10.1.